The van der Waals surface area contributed by atoms with Crippen LogP contribution in [0, 0.1) is 0 Å². The molecule has 1 aromatic carbocycles. The molecule has 0 aliphatic heterocycles. The first kappa shape index (κ1) is 18.1. The fourth-order valence-corrected chi connectivity index (χ4v) is 3.86. The topological polar surface area (TPSA) is 112 Å². The number of nitrogens with zero attached hydrogens (tertiary/aromatic N) is 4. The van der Waals surface area contributed by atoms with E-state index < -0.39 is 15.8 Å². The molecule has 28 heavy (non-hydrogen) atoms. The number of pyridine rings is 1. The zero-order chi connectivity index (χ0) is 19.7. The SMILES string of the molecule is Cn1c(=O)oc2ccc(S(=O)(=O)NCCn3ccc(-c4ccncc4)n3)cc21. The van der Waals surface area contributed by atoms with Gasteiger partial charge in [0.1, 0.15) is 0 Å². The van der Waals surface area contributed by atoms with Gasteiger partial charge in [-0.25, -0.2) is 17.9 Å². The standard InChI is InChI=1S/C18H17N5O4S/c1-22-16-12-14(2-3-17(16)27-18(22)24)28(25,26)20-9-11-23-10-6-15(21-23)13-4-7-19-8-5-13/h2-8,10,12,20H,9,11H2,1H3. The fourth-order valence-electron chi connectivity index (χ4n) is 2.81. The molecule has 4 aromatic rings. The van der Waals surface area contributed by atoms with Crippen LogP contribution >= 0.6 is 0 Å². The van der Waals surface area contributed by atoms with E-state index in [0.717, 1.165) is 11.3 Å². The van der Waals surface area contributed by atoms with E-state index in [1.165, 1.54) is 29.8 Å². The molecule has 0 saturated heterocycles. The maximum absolute atomic E-state index is 12.5. The van der Waals surface area contributed by atoms with Gasteiger partial charge in [-0.1, -0.05) is 0 Å². The van der Waals surface area contributed by atoms with E-state index in [-0.39, 0.29) is 11.4 Å². The lowest BCUT2D eigenvalue weighted by Gasteiger charge is -2.07. The molecular weight excluding hydrogens is 382 g/mol. The summed E-state index contributed by atoms with van der Waals surface area (Å²) in [6, 6.07) is 9.86. The van der Waals surface area contributed by atoms with Crippen LogP contribution in [-0.4, -0.2) is 34.3 Å². The highest BCUT2D eigenvalue weighted by Crippen LogP contribution is 2.18. The molecule has 1 N–H and O–H groups in total. The van der Waals surface area contributed by atoms with E-state index in [1.54, 1.807) is 23.3 Å². The zero-order valence-electron chi connectivity index (χ0n) is 14.9. The smallest absolute Gasteiger partial charge is 0.408 e. The number of fused-ring (bicyclic) bond motifs is 1. The van der Waals surface area contributed by atoms with Crippen LogP contribution in [-0.2, 0) is 23.6 Å². The molecule has 0 saturated carbocycles. The molecule has 144 valence electrons. The molecule has 0 aliphatic rings. The first-order chi connectivity index (χ1) is 13.4. The Labute approximate surface area is 160 Å². The number of aryl methyl sites for hydroxylation is 1. The van der Waals surface area contributed by atoms with Gasteiger partial charge in [0.15, 0.2) is 5.58 Å². The predicted molar refractivity (Wildman–Crippen MR) is 102 cm³/mol. The third-order valence-electron chi connectivity index (χ3n) is 4.32. The second kappa shape index (κ2) is 7.06. The predicted octanol–water partition coefficient (Wildman–Crippen LogP) is 1.37. The Balaban J connectivity index is 1.45. The summed E-state index contributed by atoms with van der Waals surface area (Å²) in [5.41, 5.74) is 2.48. The van der Waals surface area contributed by atoms with E-state index in [4.69, 9.17) is 4.42 Å². The molecule has 0 spiro atoms. The highest BCUT2D eigenvalue weighted by Gasteiger charge is 2.16. The Morgan fingerprint density at radius 3 is 2.71 bits per heavy atom. The van der Waals surface area contributed by atoms with Crippen molar-refractivity contribution in [2.24, 2.45) is 7.05 Å². The summed E-state index contributed by atoms with van der Waals surface area (Å²) in [6.07, 6.45) is 5.17. The Kier molecular flexibility index (Phi) is 4.57. The quantitative estimate of drug-likeness (QED) is 0.524. The van der Waals surface area contributed by atoms with Crippen LogP contribution in [0.15, 0.2) is 69.1 Å². The maximum atomic E-state index is 12.5. The zero-order valence-corrected chi connectivity index (χ0v) is 15.8. The van der Waals surface area contributed by atoms with E-state index in [1.807, 2.05) is 18.2 Å². The van der Waals surface area contributed by atoms with Gasteiger partial charge in [-0.3, -0.25) is 14.2 Å². The molecule has 0 unspecified atom stereocenters. The summed E-state index contributed by atoms with van der Waals surface area (Å²) in [5, 5.41) is 4.43. The van der Waals surface area contributed by atoms with E-state index in [9.17, 15) is 13.2 Å². The highest BCUT2D eigenvalue weighted by atomic mass is 32.2. The first-order valence-corrected chi connectivity index (χ1v) is 9.95. The van der Waals surface area contributed by atoms with Crippen molar-refractivity contribution in [3.8, 4) is 11.3 Å². The van der Waals surface area contributed by atoms with Crippen LogP contribution in [0.3, 0.4) is 0 Å². The first-order valence-electron chi connectivity index (χ1n) is 8.47. The molecule has 3 heterocycles. The largest absolute Gasteiger partial charge is 0.419 e. The number of hydrogen-bond donors (Lipinski definition) is 1. The number of oxazole rings is 1. The molecule has 0 amide bonds. The van der Waals surface area contributed by atoms with E-state index in [2.05, 4.69) is 14.8 Å². The van der Waals surface area contributed by atoms with Crippen molar-refractivity contribution in [1.82, 2.24) is 24.1 Å². The van der Waals surface area contributed by atoms with Crippen molar-refractivity contribution in [3.05, 3.63) is 65.5 Å². The lowest BCUT2D eigenvalue weighted by atomic mass is 10.2. The molecular formula is C18H17N5O4S. The van der Waals surface area contributed by atoms with Crippen LogP contribution in [0.5, 0.6) is 0 Å². The number of benzene rings is 1. The average molecular weight is 399 g/mol. The van der Waals surface area contributed by atoms with Crippen LogP contribution in [0.1, 0.15) is 0 Å². The summed E-state index contributed by atoms with van der Waals surface area (Å²) >= 11 is 0. The van der Waals surface area contributed by atoms with E-state index >= 15 is 0 Å². The summed E-state index contributed by atoms with van der Waals surface area (Å²) in [6.45, 7) is 0.541. The Bertz CT molecular complexity index is 1290. The molecule has 0 fully saturated rings. The number of nitrogens with one attached hydrogen (secondary N) is 1. The summed E-state index contributed by atoms with van der Waals surface area (Å²) in [5.74, 6) is -0.541. The van der Waals surface area contributed by atoms with Gasteiger partial charge in [-0.05, 0) is 36.4 Å². The number of hydrogen-bond acceptors (Lipinski definition) is 6. The van der Waals surface area contributed by atoms with Gasteiger partial charge in [-0.15, -0.1) is 0 Å². The van der Waals surface area contributed by atoms with Crippen molar-refractivity contribution in [2.45, 2.75) is 11.4 Å². The Morgan fingerprint density at radius 1 is 1.14 bits per heavy atom. The van der Waals surface area contributed by atoms with Gasteiger partial charge >= 0.3 is 5.76 Å². The molecule has 0 aliphatic carbocycles. The third-order valence-corrected chi connectivity index (χ3v) is 5.78. The van der Waals surface area contributed by atoms with Crippen molar-refractivity contribution < 1.29 is 12.8 Å². The maximum Gasteiger partial charge on any atom is 0.419 e. The summed E-state index contributed by atoms with van der Waals surface area (Å²) in [7, 11) is -2.21. The summed E-state index contributed by atoms with van der Waals surface area (Å²) < 4.78 is 35.6. The Hall–Kier alpha value is -3.24. The van der Waals surface area contributed by atoms with Crippen LogP contribution in [0.2, 0.25) is 0 Å². The lowest BCUT2D eigenvalue weighted by molar-refractivity contribution is 0.528. The molecule has 9 nitrogen and oxygen atoms in total. The van der Waals surface area contributed by atoms with Gasteiger partial charge in [0, 0.05) is 37.7 Å². The molecule has 4 rings (SSSR count). The monoisotopic (exact) mass is 399 g/mol. The van der Waals surface area contributed by atoms with Crippen molar-refractivity contribution in [3.63, 3.8) is 0 Å². The van der Waals surface area contributed by atoms with Crippen LogP contribution < -0.4 is 10.5 Å². The number of sulfonamides is 1. The second-order valence-electron chi connectivity index (χ2n) is 6.15. The summed E-state index contributed by atoms with van der Waals surface area (Å²) in [4.78, 5) is 15.6. The highest BCUT2D eigenvalue weighted by molar-refractivity contribution is 7.89. The van der Waals surface area contributed by atoms with Crippen molar-refractivity contribution in [2.75, 3.05) is 6.54 Å². The molecule has 0 atom stereocenters. The average Bonchev–Trinajstić information content (AvgIpc) is 3.27. The molecule has 3 aromatic heterocycles. The van der Waals surface area contributed by atoms with Crippen molar-refractivity contribution >= 4 is 21.1 Å². The molecule has 10 heteroatoms. The minimum absolute atomic E-state index is 0.0642. The molecule has 0 radical (unpaired) electrons. The van der Waals surface area contributed by atoms with Gasteiger partial charge in [0.25, 0.3) is 0 Å². The number of rotatable bonds is 6. The van der Waals surface area contributed by atoms with Gasteiger partial charge < -0.3 is 4.42 Å². The fraction of sp³-hybridized carbons (Fsp3) is 0.167. The lowest BCUT2D eigenvalue weighted by Crippen LogP contribution is -2.27. The van der Waals surface area contributed by atoms with Crippen molar-refractivity contribution in [1.29, 1.82) is 0 Å². The van der Waals surface area contributed by atoms with Crippen LogP contribution in [0.25, 0.3) is 22.4 Å². The number of aromatic nitrogens is 4. The van der Waals surface area contributed by atoms with Gasteiger partial charge in [0.2, 0.25) is 10.0 Å². The molecule has 0 bridgehead atoms. The van der Waals surface area contributed by atoms with Crippen LogP contribution in [0.4, 0.5) is 0 Å². The second-order valence-corrected chi connectivity index (χ2v) is 7.92. The van der Waals surface area contributed by atoms with Gasteiger partial charge in [-0.2, -0.15) is 5.10 Å². The Morgan fingerprint density at radius 2 is 1.93 bits per heavy atom. The third kappa shape index (κ3) is 3.47. The minimum atomic E-state index is -3.73. The minimum Gasteiger partial charge on any atom is -0.408 e. The van der Waals surface area contributed by atoms with E-state index in [0.29, 0.717) is 17.6 Å². The van der Waals surface area contributed by atoms with Gasteiger partial charge in [0.05, 0.1) is 22.7 Å². The normalized spacial score (nSPS) is 11.9.